The average Bonchev–Trinajstić information content (AvgIpc) is 2.62. The second-order valence-electron chi connectivity index (χ2n) is 3.29. The molecule has 0 aliphatic rings. The van der Waals surface area contributed by atoms with E-state index in [0.29, 0.717) is 18.1 Å². The summed E-state index contributed by atoms with van der Waals surface area (Å²) in [6.45, 7) is 0.454. The number of rotatable bonds is 3. The Balaban J connectivity index is 2.50. The van der Waals surface area contributed by atoms with Crippen LogP contribution in [0, 0.1) is 5.82 Å². The van der Waals surface area contributed by atoms with Crippen LogP contribution >= 0.6 is 0 Å². The molecule has 16 heavy (non-hydrogen) atoms. The molecular formula is C10H11FN4O. The molecule has 0 unspecified atom stereocenters. The molecule has 84 valence electrons. The Kier molecular flexibility index (Phi) is 2.82. The lowest BCUT2D eigenvalue weighted by atomic mass is 10.3. The molecule has 2 rings (SSSR count). The SMILES string of the molecule is CNCc1n[nH]c(=O)n1-c1ccc(F)cc1. The fraction of sp³-hybridized carbons (Fsp3) is 0.200. The molecule has 5 nitrogen and oxygen atoms in total. The molecule has 0 atom stereocenters. The zero-order valence-electron chi connectivity index (χ0n) is 8.70. The minimum atomic E-state index is -0.338. The van der Waals surface area contributed by atoms with Gasteiger partial charge in [-0.25, -0.2) is 18.9 Å². The topological polar surface area (TPSA) is 62.7 Å². The molecule has 0 saturated carbocycles. The Morgan fingerprint density at radius 2 is 2.12 bits per heavy atom. The van der Waals surface area contributed by atoms with Gasteiger partial charge in [0.1, 0.15) is 5.82 Å². The highest BCUT2D eigenvalue weighted by atomic mass is 19.1. The lowest BCUT2D eigenvalue weighted by Crippen LogP contribution is -2.19. The molecule has 0 bridgehead atoms. The standard InChI is InChI=1S/C10H11FN4O/c1-12-6-9-13-14-10(16)15(9)8-4-2-7(11)3-5-8/h2-5,12H,6H2,1H3,(H,14,16). The van der Waals surface area contributed by atoms with Crippen LogP contribution in [0.1, 0.15) is 5.82 Å². The van der Waals surface area contributed by atoms with Gasteiger partial charge in [-0.05, 0) is 31.3 Å². The smallest absolute Gasteiger partial charge is 0.313 e. The number of aromatic nitrogens is 3. The number of H-pyrrole nitrogens is 1. The first-order chi connectivity index (χ1) is 7.72. The van der Waals surface area contributed by atoms with Gasteiger partial charge in [0, 0.05) is 0 Å². The average molecular weight is 222 g/mol. The zero-order chi connectivity index (χ0) is 11.5. The number of aromatic amines is 1. The molecule has 6 heteroatoms. The van der Waals surface area contributed by atoms with Crippen LogP contribution in [-0.4, -0.2) is 21.8 Å². The largest absolute Gasteiger partial charge is 0.347 e. The van der Waals surface area contributed by atoms with Crippen molar-refractivity contribution in [3.63, 3.8) is 0 Å². The molecule has 1 heterocycles. The second kappa shape index (κ2) is 4.28. The van der Waals surface area contributed by atoms with Crippen molar-refractivity contribution in [1.82, 2.24) is 20.1 Å². The van der Waals surface area contributed by atoms with Crippen LogP contribution in [0.2, 0.25) is 0 Å². The van der Waals surface area contributed by atoms with Gasteiger partial charge in [0.15, 0.2) is 5.82 Å². The van der Waals surface area contributed by atoms with Crippen LogP contribution in [0.3, 0.4) is 0 Å². The van der Waals surface area contributed by atoms with E-state index >= 15 is 0 Å². The monoisotopic (exact) mass is 222 g/mol. The molecule has 0 aliphatic heterocycles. The lowest BCUT2D eigenvalue weighted by Gasteiger charge is -2.04. The van der Waals surface area contributed by atoms with Crippen molar-refractivity contribution < 1.29 is 4.39 Å². The first kappa shape index (κ1) is 10.6. The Morgan fingerprint density at radius 1 is 1.44 bits per heavy atom. The minimum Gasteiger partial charge on any atom is -0.313 e. The van der Waals surface area contributed by atoms with Crippen molar-refractivity contribution in [1.29, 1.82) is 0 Å². The molecule has 2 N–H and O–H groups in total. The van der Waals surface area contributed by atoms with Crippen LogP contribution in [0.4, 0.5) is 4.39 Å². The minimum absolute atomic E-state index is 0.336. The predicted molar refractivity (Wildman–Crippen MR) is 56.9 cm³/mol. The molecule has 1 aromatic heterocycles. The Bertz CT molecular complexity index is 528. The summed E-state index contributed by atoms with van der Waals surface area (Å²) >= 11 is 0. The Hall–Kier alpha value is -1.95. The van der Waals surface area contributed by atoms with E-state index in [1.165, 1.54) is 28.8 Å². The maximum Gasteiger partial charge on any atom is 0.347 e. The van der Waals surface area contributed by atoms with E-state index in [1.807, 2.05) is 0 Å². The van der Waals surface area contributed by atoms with Gasteiger partial charge in [0.2, 0.25) is 0 Å². The molecule has 0 spiro atoms. The van der Waals surface area contributed by atoms with Crippen LogP contribution < -0.4 is 11.0 Å². The second-order valence-corrected chi connectivity index (χ2v) is 3.29. The summed E-state index contributed by atoms with van der Waals surface area (Å²) in [5, 5.41) is 9.13. The highest BCUT2D eigenvalue weighted by molar-refractivity contribution is 5.32. The van der Waals surface area contributed by atoms with Crippen molar-refractivity contribution in [3.8, 4) is 5.69 Å². The number of benzene rings is 1. The van der Waals surface area contributed by atoms with E-state index in [4.69, 9.17) is 0 Å². The van der Waals surface area contributed by atoms with Gasteiger partial charge in [0.25, 0.3) is 0 Å². The quantitative estimate of drug-likeness (QED) is 0.791. The fourth-order valence-corrected chi connectivity index (χ4v) is 1.46. The van der Waals surface area contributed by atoms with Crippen LogP contribution in [0.25, 0.3) is 5.69 Å². The van der Waals surface area contributed by atoms with Crippen molar-refractivity contribution >= 4 is 0 Å². The zero-order valence-corrected chi connectivity index (χ0v) is 8.70. The maximum absolute atomic E-state index is 12.8. The van der Waals surface area contributed by atoms with Gasteiger partial charge < -0.3 is 5.32 Å². The molecule has 0 amide bonds. The first-order valence-corrected chi connectivity index (χ1v) is 4.79. The van der Waals surface area contributed by atoms with Gasteiger partial charge in [-0.3, -0.25) is 0 Å². The molecule has 0 aliphatic carbocycles. The number of hydrogen-bond acceptors (Lipinski definition) is 3. The van der Waals surface area contributed by atoms with Crippen molar-refractivity contribution in [2.24, 2.45) is 0 Å². The van der Waals surface area contributed by atoms with Gasteiger partial charge in [0.05, 0.1) is 12.2 Å². The molecule has 0 radical (unpaired) electrons. The highest BCUT2D eigenvalue weighted by Crippen LogP contribution is 2.08. The summed E-state index contributed by atoms with van der Waals surface area (Å²) in [7, 11) is 1.76. The van der Waals surface area contributed by atoms with Crippen LogP contribution in [0.15, 0.2) is 29.1 Å². The normalized spacial score (nSPS) is 10.6. The van der Waals surface area contributed by atoms with Crippen LogP contribution in [-0.2, 0) is 6.54 Å². The van der Waals surface area contributed by atoms with E-state index in [9.17, 15) is 9.18 Å². The highest BCUT2D eigenvalue weighted by Gasteiger charge is 2.08. The third-order valence-corrected chi connectivity index (χ3v) is 2.16. The maximum atomic E-state index is 12.8. The van der Waals surface area contributed by atoms with E-state index in [0.717, 1.165) is 0 Å². The fourth-order valence-electron chi connectivity index (χ4n) is 1.46. The van der Waals surface area contributed by atoms with E-state index in [1.54, 1.807) is 7.05 Å². The van der Waals surface area contributed by atoms with Crippen molar-refractivity contribution in [3.05, 3.63) is 46.4 Å². The van der Waals surface area contributed by atoms with Gasteiger partial charge in [-0.1, -0.05) is 0 Å². The molecule has 1 aromatic carbocycles. The van der Waals surface area contributed by atoms with E-state index < -0.39 is 0 Å². The number of nitrogens with zero attached hydrogens (tertiary/aromatic N) is 2. The number of nitrogens with one attached hydrogen (secondary N) is 2. The first-order valence-electron chi connectivity index (χ1n) is 4.79. The lowest BCUT2D eigenvalue weighted by molar-refractivity contribution is 0.627. The molecule has 2 aromatic rings. The summed E-state index contributed by atoms with van der Waals surface area (Å²) in [6, 6.07) is 5.67. The summed E-state index contributed by atoms with van der Waals surface area (Å²) in [5.74, 6) is 0.217. The van der Waals surface area contributed by atoms with Crippen molar-refractivity contribution in [2.75, 3.05) is 7.05 Å². The molecular weight excluding hydrogens is 211 g/mol. The number of hydrogen-bond donors (Lipinski definition) is 2. The summed E-state index contributed by atoms with van der Waals surface area (Å²) in [4.78, 5) is 11.5. The van der Waals surface area contributed by atoms with E-state index in [-0.39, 0.29) is 11.5 Å². The molecule has 0 fully saturated rings. The summed E-state index contributed by atoms with van der Waals surface area (Å²) in [5.41, 5.74) is 0.252. The van der Waals surface area contributed by atoms with E-state index in [2.05, 4.69) is 15.5 Å². The van der Waals surface area contributed by atoms with Gasteiger partial charge in [-0.2, -0.15) is 5.10 Å². The van der Waals surface area contributed by atoms with Gasteiger partial charge in [-0.15, -0.1) is 0 Å². The third-order valence-electron chi connectivity index (χ3n) is 2.16. The number of halogens is 1. The van der Waals surface area contributed by atoms with Crippen molar-refractivity contribution in [2.45, 2.75) is 6.54 Å². The Morgan fingerprint density at radius 3 is 2.75 bits per heavy atom. The van der Waals surface area contributed by atoms with Crippen LogP contribution in [0.5, 0.6) is 0 Å². The summed E-state index contributed by atoms with van der Waals surface area (Å²) in [6.07, 6.45) is 0. The summed E-state index contributed by atoms with van der Waals surface area (Å²) < 4.78 is 14.2. The predicted octanol–water partition coefficient (Wildman–Crippen LogP) is 0.419. The third kappa shape index (κ3) is 1.87. The molecule has 0 saturated heterocycles. The Labute approximate surface area is 90.9 Å². The van der Waals surface area contributed by atoms with Gasteiger partial charge >= 0.3 is 5.69 Å².